The van der Waals surface area contributed by atoms with Crippen molar-refractivity contribution < 1.29 is 14.7 Å². The van der Waals surface area contributed by atoms with Crippen molar-refractivity contribution in [1.82, 2.24) is 5.32 Å². The first-order valence-electron chi connectivity index (χ1n) is 6.72. The van der Waals surface area contributed by atoms with Crippen LogP contribution >= 0.6 is 0 Å². The van der Waals surface area contributed by atoms with Gasteiger partial charge in [0, 0.05) is 11.6 Å². The van der Waals surface area contributed by atoms with E-state index in [2.05, 4.69) is 5.32 Å². The van der Waals surface area contributed by atoms with Crippen molar-refractivity contribution in [1.29, 1.82) is 0 Å². The highest BCUT2D eigenvalue weighted by molar-refractivity contribution is 5.96. The first-order valence-corrected chi connectivity index (χ1v) is 6.72. The summed E-state index contributed by atoms with van der Waals surface area (Å²) >= 11 is 0. The summed E-state index contributed by atoms with van der Waals surface area (Å²) in [5, 5.41) is 11.8. The second kappa shape index (κ2) is 6.07. The highest BCUT2D eigenvalue weighted by Gasteiger charge is 2.29. The summed E-state index contributed by atoms with van der Waals surface area (Å²) in [5.74, 6) is -1.13. The van der Waals surface area contributed by atoms with E-state index in [-0.39, 0.29) is 17.7 Å². The Hall–Kier alpha value is -1.84. The summed E-state index contributed by atoms with van der Waals surface area (Å²) in [5.41, 5.74) is 2.26. The fraction of sp³-hybridized carbons (Fsp3) is 0.500. The third kappa shape index (κ3) is 4.08. The molecule has 1 aromatic rings. The Bertz CT molecular complexity index is 515. The fourth-order valence-corrected chi connectivity index (χ4v) is 1.98. The summed E-state index contributed by atoms with van der Waals surface area (Å²) in [7, 11) is 0. The van der Waals surface area contributed by atoms with Gasteiger partial charge in [-0.2, -0.15) is 0 Å². The van der Waals surface area contributed by atoms with Crippen LogP contribution in [0.25, 0.3) is 0 Å². The van der Waals surface area contributed by atoms with E-state index in [4.69, 9.17) is 5.11 Å². The molecule has 1 atom stereocenters. The summed E-state index contributed by atoms with van der Waals surface area (Å²) in [6.45, 7) is 9.61. The molecule has 110 valence electrons. The number of aryl methyl sites for hydroxylation is 1. The first kappa shape index (κ1) is 16.2. The van der Waals surface area contributed by atoms with E-state index in [9.17, 15) is 9.59 Å². The third-order valence-corrected chi connectivity index (χ3v) is 3.58. The number of carboxylic acid groups (broad SMARTS) is 1. The van der Waals surface area contributed by atoms with Gasteiger partial charge < -0.3 is 10.4 Å². The van der Waals surface area contributed by atoms with Gasteiger partial charge in [0.15, 0.2) is 0 Å². The topological polar surface area (TPSA) is 66.4 Å². The maximum Gasteiger partial charge on any atom is 0.305 e. The molecule has 4 heteroatoms. The Balaban J connectivity index is 2.96. The Morgan fingerprint density at radius 1 is 1.25 bits per heavy atom. The summed E-state index contributed by atoms with van der Waals surface area (Å²) in [6.07, 6.45) is -0.0832. The van der Waals surface area contributed by atoms with E-state index in [1.54, 1.807) is 6.07 Å². The quantitative estimate of drug-likeness (QED) is 0.889. The molecule has 0 aliphatic rings. The fourth-order valence-electron chi connectivity index (χ4n) is 1.98. The van der Waals surface area contributed by atoms with Gasteiger partial charge in [0.05, 0.1) is 6.42 Å². The van der Waals surface area contributed by atoms with E-state index in [0.717, 1.165) is 11.1 Å². The molecule has 4 nitrogen and oxygen atoms in total. The molecule has 1 rings (SSSR count). The largest absolute Gasteiger partial charge is 0.481 e. The standard InChI is InChI=1S/C16H23NO3/c1-10-7-6-8-12(11(10)2)15(20)17-13(9-14(18)19)16(3,4)5/h6-8,13H,9H2,1-5H3,(H,17,20)(H,18,19). The Morgan fingerprint density at radius 2 is 1.85 bits per heavy atom. The molecule has 0 aromatic heterocycles. The van der Waals surface area contributed by atoms with Crippen LogP contribution in [0.4, 0.5) is 0 Å². The van der Waals surface area contributed by atoms with Gasteiger partial charge in [-0.15, -0.1) is 0 Å². The molecule has 1 unspecified atom stereocenters. The summed E-state index contributed by atoms with van der Waals surface area (Å²) in [4.78, 5) is 23.3. The molecule has 0 saturated carbocycles. The van der Waals surface area contributed by atoms with Crippen molar-refractivity contribution >= 4 is 11.9 Å². The van der Waals surface area contributed by atoms with Gasteiger partial charge in [0.25, 0.3) is 5.91 Å². The molecule has 0 heterocycles. The van der Waals surface area contributed by atoms with Crippen molar-refractivity contribution in [2.45, 2.75) is 47.1 Å². The Labute approximate surface area is 120 Å². The second-order valence-electron chi connectivity index (χ2n) is 6.24. The lowest BCUT2D eigenvalue weighted by Crippen LogP contribution is -2.45. The smallest absolute Gasteiger partial charge is 0.305 e. The van der Waals surface area contributed by atoms with E-state index < -0.39 is 12.0 Å². The van der Waals surface area contributed by atoms with Crippen LogP contribution < -0.4 is 5.32 Å². The summed E-state index contributed by atoms with van der Waals surface area (Å²) in [6, 6.07) is 5.14. The number of amides is 1. The minimum absolute atomic E-state index is 0.0832. The maximum atomic E-state index is 12.4. The van der Waals surface area contributed by atoms with Crippen molar-refractivity contribution in [2.24, 2.45) is 5.41 Å². The van der Waals surface area contributed by atoms with Crippen LogP contribution in [0.1, 0.15) is 48.7 Å². The predicted molar refractivity (Wildman–Crippen MR) is 78.9 cm³/mol. The molecule has 2 N–H and O–H groups in total. The van der Waals surface area contributed by atoms with Gasteiger partial charge in [-0.1, -0.05) is 32.9 Å². The van der Waals surface area contributed by atoms with E-state index in [1.165, 1.54) is 0 Å². The number of rotatable bonds is 4. The molecule has 0 aliphatic heterocycles. The van der Waals surface area contributed by atoms with Gasteiger partial charge in [-0.05, 0) is 36.5 Å². The zero-order valence-electron chi connectivity index (χ0n) is 12.8. The molecule has 0 radical (unpaired) electrons. The average molecular weight is 277 g/mol. The van der Waals surface area contributed by atoms with Crippen molar-refractivity contribution in [3.63, 3.8) is 0 Å². The molecule has 0 spiro atoms. The van der Waals surface area contributed by atoms with Crippen LogP contribution in [0.2, 0.25) is 0 Å². The molecular weight excluding hydrogens is 254 g/mol. The average Bonchev–Trinajstić information content (AvgIpc) is 2.30. The van der Waals surface area contributed by atoms with Crippen LogP contribution in [-0.2, 0) is 4.79 Å². The van der Waals surface area contributed by atoms with Crippen LogP contribution in [-0.4, -0.2) is 23.0 Å². The SMILES string of the molecule is Cc1cccc(C(=O)NC(CC(=O)O)C(C)(C)C)c1C. The normalized spacial score (nSPS) is 12.8. The van der Waals surface area contributed by atoms with Crippen LogP contribution in [0.15, 0.2) is 18.2 Å². The molecule has 0 bridgehead atoms. The van der Waals surface area contributed by atoms with Crippen molar-refractivity contribution in [2.75, 3.05) is 0 Å². The molecule has 1 amide bonds. The molecule has 0 aliphatic carbocycles. The number of hydrogen-bond donors (Lipinski definition) is 2. The van der Waals surface area contributed by atoms with Crippen LogP contribution in [0, 0.1) is 19.3 Å². The Kier molecular flexibility index (Phi) is 4.93. The molecule has 0 saturated heterocycles. The van der Waals surface area contributed by atoms with Gasteiger partial charge in [-0.25, -0.2) is 0 Å². The molecule has 0 fully saturated rings. The first-order chi connectivity index (χ1) is 9.12. The lowest BCUT2D eigenvalue weighted by atomic mass is 9.84. The minimum atomic E-state index is -0.911. The summed E-state index contributed by atoms with van der Waals surface area (Å²) < 4.78 is 0. The highest BCUT2D eigenvalue weighted by Crippen LogP contribution is 2.23. The molecular formula is C16H23NO3. The highest BCUT2D eigenvalue weighted by atomic mass is 16.4. The number of carboxylic acids is 1. The van der Waals surface area contributed by atoms with Gasteiger partial charge in [0.1, 0.15) is 0 Å². The number of aliphatic carboxylic acids is 1. The lowest BCUT2D eigenvalue weighted by Gasteiger charge is -2.30. The van der Waals surface area contributed by atoms with Crippen molar-refractivity contribution in [3.8, 4) is 0 Å². The molecule has 1 aromatic carbocycles. The van der Waals surface area contributed by atoms with E-state index >= 15 is 0 Å². The number of benzene rings is 1. The van der Waals surface area contributed by atoms with Gasteiger partial charge in [0.2, 0.25) is 0 Å². The molecule has 20 heavy (non-hydrogen) atoms. The zero-order chi connectivity index (χ0) is 15.5. The van der Waals surface area contributed by atoms with Crippen molar-refractivity contribution in [3.05, 3.63) is 34.9 Å². The third-order valence-electron chi connectivity index (χ3n) is 3.58. The number of carbonyl (C=O) groups excluding carboxylic acids is 1. The predicted octanol–water partition coefficient (Wildman–Crippen LogP) is 2.92. The number of hydrogen-bond acceptors (Lipinski definition) is 2. The van der Waals surface area contributed by atoms with Crippen LogP contribution in [0.5, 0.6) is 0 Å². The van der Waals surface area contributed by atoms with E-state index in [0.29, 0.717) is 5.56 Å². The minimum Gasteiger partial charge on any atom is -0.481 e. The Morgan fingerprint density at radius 3 is 2.35 bits per heavy atom. The van der Waals surface area contributed by atoms with E-state index in [1.807, 2.05) is 46.8 Å². The second-order valence-corrected chi connectivity index (χ2v) is 6.24. The van der Waals surface area contributed by atoms with Gasteiger partial charge in [-0.3, -0.25) is 9.59 Å². The van der Waals surface area contributed by atoms with Gasteiger partial charge >= 0.3 is 5.97 Å². The number of carbonyl (C=O) groups is 2. The zero-order valence-corrected chi connectivity index (χ0v) is 12.8. The lowest BCUT2D eigenvalue weighted by molar-refractivity contribution is -0.138. The monoisotopic (exact) mass is 277 g/mol. The maximum absolute atomic E-state index is 12.4. The van der Waals surface area contributed by atoms with Crippen LogP contribution in [0.3, 0.4) is 0 Å². The number of nitrogens with one attached hydrogen (secondary N) is 1.